The molecule has 0 amide bonds. The second kappa shape index (κ2) is 5.11. The fourth-order valence-corrected chi connectivity index (χ4v) is 4.02. The molecule has 0 radical (unpaired) electrons. The summed E-state index contributed by atoms with van der Waals surface area (Å²) in [5.41, 5.74) is -1.24. The van der Waals surface area contributed by atoms with Crippen LogP contribution in [0.3, 0.4) is 0 Å². The Bertz CT molecular complexity index is 1090. The number of aliphatic hydroxyl groups is 1. The van der Waals surface area contributed by atoms with E-state index in [4.69, 9.17) is 0 Å². The summed E-state index contributed by atoms with van der Waals surface area (Å²) in [5, 5.41) is 11.6. The van der Waals surface area contributed by atoms with Gasteiger partial charge in [-0.25, -0.2) is 8.78 Å². The van der Waals surface area contributed by atoms with Gasteiger partial charge in [-0.1, -0.05) is 12.1 Å². The van der Waals surface area contributed by atoms with Crippen LogP contribution in [-0.4, -0.2) is 26.6 Å². The lowest BCUT2D eigenvalue weighted by atomic mass is 9.77. The van der Waals surface area contributed by atoms with Crippen LogP contribution in [-0.2, 0) is 5.60 Å². The number of fused-ring (bicyclic) bond motifs is 4. The third kappa shape index (κ3) is 1.84. The van der Waals surface area contributed by atoms with E-state index in [0.29, 0.717) is 23.5 Å². The summed E-state index contributed by atoms with van der Waals surface area (Å²) in [6.07, 6.45) is 3.03. The van der Waals surface area contributed by atoms with Crippen LogP contribution >= 0.6 is 0 Å². The molecule has 0 aliphatic heterocycles. The van der Waals surface area contributed by atoms with Crippen LogP contribution in [0.15, 0.2) is 48.8 Å². The van der Waals surface area contributed by atoms with E-state index in [-0.39, 0.29) is 22.3 Å². The molecule has 7 heteroatoms. The molecule has 5 nitrogen and oxygen atoms in total. The van der Waals surface area contributed by atoms with Crippen LogP contribution < -0.4 is 0 Å². The Morgan fingerprint density at radius 3 is 1.74 bits per heavy atom. The number of rotatable bonds is 1. The molecule has 0 saturated carbocycles. The third-order valence-electron chi connectivity index (χ3n) is 5.19. The zero-order valence-electron chi connectivity index (χ0n) is 13.6. The van der Waals surface area contributed by atoms with E-state index in [2.05, 4.69) is 9.97 Å². The molecule has 0 fully saturated rings. The number of benzene rings is 1. The van der Waals surface area contributed by atoms with E-state index in [1.54, 1.807) is 24.3 Å². The van der Waals surface area contributed by atoms with Crippen LogP contribution in [0.5, 0.6) is 0 Å². The molecule has 27 heavy (non-hydrogen) atoms. The minimum absolute atomic E-state index is 0.236. The van der Waals surface area contributed by atoms with Gasteiger partial charge < -0.3 is 5.11 Å². The molecule has 0 saturated heterocycles. The molecular weight excluding hydrogens is 354 g/mol. The fourth-order valence-electron chi connectivity index (χ4n) is 4.02. The second-order valence-corrected chi connectivity index (χ2v) is 6.54. The Balaban J connectivity index is 1.78. The number of hydrogen-bond donors (Lipinski definition) is 1. The highest BCUT2D eigenvalue weighted by molar-refractivity contribution is 6.27. The average Bonchev–Trinajstić information content (AvgIpc) is 3.07. The maximum absolute atomic E-state index is 13.6. The Morgan fingerprint density at radius 2 is 1.30 bits per heavy atom. The number of pyridine rings is 2. The van der Waals surface area contributed by atoms with Gasteiger partial charge in [0.25, 0.3) is 0 Å². The van der Waals surface area contributed by atoms with E-state index in [0.717, 1.165) is 0 Å². The second-order valence-electron chi connectivity index (χ2n) is 6.54. The predicted molar refractivity (Wildman–Crippen MR) is 89.0 cm³/mol. The average molecular weight is 364 g/mol. The molecule has 2 aliphatic carbocycles. The zero-order valence-corrected chi connectivity index (χ0v) is 13.6. The van der Waals surface area contributed by atoms with Crippen molar-refractivity contribution in [1.29, 1.82) is 0 Å². The number of halogens is 2. The van der Waals surface area contributed by atoms with Crippen molar-refractivity contribution in [3.63, 3.8) is 0 Å². The van der Waals surface area contributed by atoms with Crippen molar-refractivity contribution in [3.05, 3.63) is 82.7 Å². The third-order valence-corrected chi connectivity index (χ3v) is 5.19. The molecule has 1 aromatic carbocycles. The van der Waals surface area contributed by atoms with Crippen LogP contribution in [0.25, 0.3) is 11.4 Å². The van der Waals surface area contributed by atoms with Crippen molar-refractivity contribution in [2.24, 2.45) is 5.92 Å². The SMILES string of the molecule is O=C1c2cc(F)c(F)cc2C(=O)C1C1(O)c2cccnc2-c2ncccc21. The van der Waals surface area contributed by atoms with Gasteiger partial charge in [-0.2, -0.15) is 0 Å². The Kier molecular flexibility index (Phi) is 3.01. The molecule has 5 rings (SSSR count). The molecule has 0 spiro atoms. The predicted octanol–water partition coefficient (Wildman–Crippen LogP) is 2.67. The van der Waals surface area contributed by atoms with Crippen molar-refractivity contribution in [2.75, 3.05) is 0 Å². The topological polar surface area (TPSA) is 80.2 Å². The molecule has 2 aliphatic rings. The van der Waals surface area contributed by atoms with Gasteiger partial charge in [0.05, 0.1) is 11.4 Å². The monoisotopic (exact) mass is 364 g/mol. The number of hydrogen-bond acceptors (Lipinski definition) is 5. The molecule has 3 aromatic rings. The van der Waals surface area contributed by atoms with Crippen molar-refractivity contribution in [2.45, 2.75) is 5.60 Å². The summed E-state index contributed by atoms with van der Waals surface area (Å²) >= 11 is 0. The van der Waals surface area contributed by atoms with Gasteiger partial charge in [0.15, 0.2) is 23.2 Å². The van der Waals surface area contributed by atoms with Gasteiger partial charge in [0.1, 0.15) is 11.5 Å². The molecule has 0 unspecified atom stereocenters. The van der Waals surface area contributed by atoms with Gasteiger partial charge in [-0.3, -0.25) is 19.6 Å². The molecule has 2 heterocycles. The van der Waals surface area contributed by atoms with E-state index in [1.807, 2.05) is 0 Å². The smallest absolute Gasteiger partial charge is 0.178 e. The summed E-state index contributed by atoms with van der Waals surface area (Å²) in [7, 11) is 0. The van der Waals surface area contributed by atoms with Gasteiger partial charge in [0, 0.05) is 34.6 Å². The van der Waals surface area contributed by atoms with Crippen molar-refractivity contribution >= 4 is 11.6 Å². The number of Topliss-reactive ketones (excluding diaryl/α,β-unsaturated/α-hetero) is 2. The Morgan fingerprint density at radius 1 is 0.852 bits per heavy atom. The molecule has 0 atom stereocenters. The summed E-state index contributed by atoms with van der Waals surface area (Å²) in [6.45, 7) is 0. The number of aromatic nitrogens is 2. The maximum Gasteiger partial charge on any atom is 0.178 e. The standard InChI is InChI=1S/C20H10F2N2O3/c21-13-7-9-10(8-14(13)22)19(26)15(18(9)25)20(27)11-3-1-5-23-16(11)17-12(20)4-2-6-24-17/h1-8,15,27H. The van der Waals surface area contributed by atoms with Gasteiger partial charge in [-0.15, -0.1) is 0 Å². The van der Waals surface area contributed by atoms with E-state index >= 15 is 0 Å². The normalized spacial score (nSPS) is 17.0. The maximum atomic E-state index is 13.6. The van der Waals surface area contributed by atoms with E-state index in [1.165, 1.54) is 12.4 Å². The molecule has 2 aromatic heterocycles. The van der Waals surface area contributed by atoms with Gasteiger partial charge >= 0.3 is 0 Å². The first-order chi connectivity index (χ1) is 12.9. The van der Waals surface area contributed by atoms with Crippen molar-refractivity contribution in [3.8, 4) is 11.4 Å². The number of ketones is 2. The summed E-state index contributed by atoms with van der Waals surface area (Å²) < 4.78 is 27.3. The first kappa shape index (κ1) is 15.9. The van der Waals surface area contributed by atoms with Crippen molar-refractivity contribution in [1.82, 2.24) is 9.97 Å². The van der Waals surface area contributed by atoms with Crippen LogP contribution in [0.2, 0.25) is 0 Å². The van der Waals surface area contributed by atoms with E-state index in [9.17, 15) is 23.5 Å². The van der Waals surface area contributed by atoms with Gasteiger partial charge in [0.2, 0.25) is 0 Å². The summed E-state index contributed by atoms with van der Waals surface area (Å²) in [5.74, 6) is -5.54. The van der Waals surface area contributed by atoms with Crippen molar-refractivity contribution < 1.29 is 23.5 Å². The lowest BCUT2D eigenvalue weighted by molar-refractivity contribution is 0.0251. The van der Waals surface area contributed by atoms with Crippen LogP contribution in [0.4, 0.5) is 8.78 Å². The lowest BCUT2D eigenvalue weighted by Gasteiger charge is -2.29. The molecule has 1 N–H and O–H groups in total. The van der Waals surface area contributed by atoms with Gasteiger partial charge in [-0.05, 0) is 24.3 Å². The largest absolute Gasteiger partial charge is 0.379 e. The first-order valence-corrected chi connectivity index (χ1v) is 8.15. The summed E-state index contributed by atoms with van der Waals surface area (Å²) in [4.78, 5) is 34.4. The highest BCUT2D eigenvalue weighted by Crippen LogP contribution is 2.52. The first-order valence-electron chi connectivity index (χ1n) is 8.15. The highest BCUT2D eigenvalue weighted by Gasteiger charge is 2.58. The number of carbonyl (C=O) groups is 2. The minimum atomic E-state index is -2.02. The highest BCUT2D eigenvalue weighted by atomic mass is 19.2. The molecule has 0 bridgehead atoms. The zero-order chi connectivity index (χ0) is 18.9. The fraction of sp³-hybridized carbons (Fsp3) is 0.100. The summed E-state index contributed by atoms with van der Waals surface area (Å²) in [6, 6.07) is 7.69. The number of nitrogens with zero attached hydrogens (tertiary/aromatic N) is 2. The quantitative estimate of drug-likeness (QED) is 0.672. The lowest BCUT2D eigenvalue weighted by Crippen LogP contribution is -2.41. The van der Waals surface area contributed by atoms with Crippen LogP contribution in [0.1, 0.15) is 31.8 Å². The minimum Gasteiger partial charge on any atom is -0.379 e. The Hall–Kier alpha value is -3.32. The molecular formula is C20H10F2N2O3. The number of carbonyl (C=O) groups excluding carboxylic acids is 2. The Labute approximate surface area is 151 Å². The van der Waals surface area contributed by atoms with Crippen LogP contribution in [0, 0.1) is 17.6 Å². The van der Waals surface area contributed by atoms with E-state index < -0.39 is 34.7 Å². The molecule has 132 valence electrons.